The lowest BCUT2D eigenvalue weighted by Crippen LogP contribution is -2.38. The van der Waals surface area contributed by atoms with Gasteiger partial charge in [0.15, 0.2) is 5.41 Å². The van der Waals surface area contributed by atoms with Crippen molar-refractivity contribution in [3.8, 4) is 0 Å². The number of unbranched alkanes of at least 4 members (excludes halogenated alkanes) is 11. The van der Waals surface area contributed by atoms with E-state index in [-0.39, 0.29) is 5.41 Å². The van der Waals surface area contributed by atoms with E-state index in [0.717, 1.165) is 12.8 Å². The Hall–Kier alpha value is -1.06. The summed E-state index contributed by atoms with van der Waals surface area (Å²) in [6.07, 6.45) is 15.2. The van der Waals surface area contributed by atoms with Gasteiger partial charge in [0.2, 0.25) is 0 Å². The lowest BCUT2D eigenvalue weighted by Gasteiger charge is -2.24. The van der Waals surface area contributed by atoms with Crippen molar-refractivity contribution >= 4 is 11.9 Å². The maximum absolute atomic E-state index is 12.2. The minimum absolute atomic E-state index is 0.120. The largest absolute Gasteiger partial charge is 0.465 e. The van der Waals surface area contributed by atoms with Crippen LogP contribution >= 0.6 is 0 Å². The molecule has 0 rings (SSSR count). The molecule has 0 unspecified atom stereocenters. The summed E-state index contributed by atoms with van der Waals surface area (Å²) in [5, 5.41) is 0. The van der Waals surface area contributed by atoms with Gasteiger partial charge in [0.05, 0.1) is 13.2 Å². The van der Waals surface area contributed by atoms with E-state index in [1.54, 1.807) is 13.8 Å². The number of rotatable bonds is 16. The molecule has 0 aliphatic heterocycles. The molecule has 0 amide bonds. The summed E-state index contributed by atoms with van der Waals surface area (Å²) < 4.78 is 10.6. The molecule has 0 N–H and O–H groups in total. The summed E-state index contributed by atoms with van der Waals surface area (Å²) in [5.74, 6) is -1.00. The Bertz CT molecular complexity index is 421. The molecule has 0 aliphatic rings. The molecule has 0 saturated carbocycles. The molecule has 0 aromatic carbocycles. The summed E-state index contributed by atoms with van der Waals surface area (Å²) in [6.45, 7) is 12.0. The zero-order valence-corrected chi connectivity index (χ0v) is 19.5. The van der Waals surface area contributed by atoms with Crippen molar-refractivity contribution in [3.05, 3.63) is 0 Å². The number of ether oxygens (including phenoxy) is 2. The first kappa shape index (κ1) is 26.9. The number of hydrogen-bond acceptors (Lipinski definition) is 4. The van der Waals surface area contributed by atoms with E-state index in [1.807, 2.05) is 20.8 Å². The highest BCUT2D eigenvalue weighted by atomic mass is 16.6. The molecule has 0 bridgehead atoms. The molecule has 0 fully saturated rings. The van der Waals surface area contributed by atoms with Gasteiger partial charge in [0, 0.05) is 0 Å². The van der Waals surface area contributed by atoms with Gasteiger partial charge in [-0.1, -0.05) is 98.3 Å². The van der Waals surface area contributed by atoms with E-state index in [2.05, 4.69) is 6.92 Å². The molecule has 0 aromatic heterocycles. The number of hydrogen-bond donors (Lipinski definition) is 0. The molecule has 166 valence electrons. The standard InChI is InChI=1S/C24H46O4/c1-7-8-9-10-11-12-13-14-15-16-17-18-19-27-21(25)24(5,6)22(26)28-20-23(2,3)4/h7-20H2,1-6H3. The van der Waals surface area contributed by atoms with Gasteiger partial charge in [-0.05, 0) is 25.7 Å². The van der Waals surface area contributed by atoms with Gasteiger partial charge in [-0.15, -0.1) is 0 Å². The van der Waals surface area contributed by atoms with E-state index < -0.39 is 17.4 Å². The van der Waals surface area contributed by atoms with Crippen LogP contribution in [0.5, 0.6) is 0 Å². The summed E-state index contributed by atoms with van der Waals surface area (Å²) in [6, 6.07) is 0. The van der Waals surface area contributed by atoms with Gasteiger partial charge in [-0.2, -0.15) is 0 Å². The van der Waals surface area contributed by atoms with E-state index in [9.17, 15) is 9.59 Å². The maximum atomic E-state index is 12.2. The number of esters is 2. The lowest BCUT2D eigenvalue weighted by atomic mass is 9.93. The van der Waals surface area contributed by atoms with Crippen LogP contribution in [0, 0.1) is 10.8 Å². The summed E-state index contributed by atoms with van der Waals surface area (Å²) >= 11 is 0. The zero-order chi connectivity index (χ0) is 21.5. The van der Waals surface area contributed by atoms with Crippen molar-refractivity contribution in [2.45, 2.75) is 119 Å². The highest BCUT2D eigenvalue weighted by Crippen LogP contribution is 2.22. The van der Waals surface area contributed by atoms with Crippen LogP contribution in [0.15, 0.2) is 0 Å². The quantitative estimate of drug-likeness (QED) is 0.162. The maximum Gasteiger partial charge on any atom is 0.322 e. The molecule has 0 heterocycles. The van der Waals surface area contributed by atoms with Crippen molar-refractivity contribution in [1.82, 2.24) is 0 Å². The number of carbonyl (C=O) groups excluding carboxylic acids is 2. The molecule has 0 radical (unpaired) electrons. The topological polar surface area (TPSA) is 52.6 Å². The Balaban J connectivity index is 3.69. The van der Waals surface area contributed by atoms with Crippen LogP contribution < -0.4 is 0 Å². The smallest absolute Gasteiger partial charge is 0.322 e. The van der Waals surface area contributed by atoms with E-state index in [4.69, 9.17) is 9.47 Å². The molecule has 4 nitrogen and oxygen atoms in total. The van der Waals surface area contributed by atoms with E-state index in [1.165, 1.54) is 64.2 Å². The van der Waals surface area contributed by atoms with Crippen LogP contribution in [-0.2, 0) is 19.1 Å². The predicted molar refractivity (Wildman–Crippen MR) is 116 cm³/mol. The van der Waals surface area contributed by atoms with Gasteiger partial charge >= 0.3 is 11.9 Å². The van der Waals surface area contributed by atoms with Gasteiger partial charge < -0.3 is 9.47 Å². The molecule has 28 heavy (non-hydrogen) atoms. The Labute approximate surface area is 174 Å². The molecule has 0 atom stereocenters. The van der Waals surface area contributed by atoms with Crippen LogP contribution in [0.3, 0.4) is 0 Å². The third-order valence-corrected chi connectivity index (χ3v) is 4.89. The molecule has 0 saturated heterocycles. The summed E-state index contributed by atoms with van der Waals surface area (Å²) in [7, 11) is 0. The Kier molecular flexibility index (Phi) is 14.3. The Morgan fingerprint density at radius 1 is 0.607 bits per heavy atom. The fraction of sp³-hybridized carbons (Fsp3) is 0.917. The first-order chi connectivity index (χ1) is 13.1. The average Bonchev–Trinajstić information content (AvgIpc) is 2.62. The fourth-order valence-electron chi connectivity index (χ4n) is 2.83. The van der Waals surface area contributed by atoms with Crippen LogP contribution in [0.2, 0.25) is 0 Å². The SMILES string of the molecule is CCCCCCCCCCCCCCOC(=O)C(C)(C)C(=O)OCC(C)(C)C. The first-order valence-electron chi connectivity index (χ1n) is 11.5. The highest BCUT2D eigenvalue weighted by molar-refractivity contribution is 5.99. The van der Waals surface area contributed by atoms with Gasteiger partial charge in [0.25, 0.3) is 0 Å². The van der Waals surface area contributed by atoms with Crippen LogP contribution in [-0.4, -0.2) is 25.2 Å². The van der Waals surface area contributed by atoms with Crippen molar-refractivity contribution < 1.29 is 19.1 Å². The normalized spacial score (nSPS) is 12.1. The average molecular weight is 399 g/mol. The monoisotopic (exact) mass is 398 g/mol. The molecular weight excluding hydrogens is 352 g/mol. The second-order valence-corrected chi connectivity index (χ2v) is 9.79. The molecule has 4 heteroatoms. The minimum atomic E-state index is -1.25. The Morgan fingerprint density at radius 2 is 1.00 bits per heavy atom. The van der Waals surface area contributed by atoms with Gasteiger partial charge in [-0.3, -0.25) is 9.59 Å². The Morgan fingerprint density at radius 3 is 1.43 bits per heavy atom. The van der Waals surface area contributed by atoms with Crippen LogP contribution in [0.25, 0.3) is 0 Å². The second kappa shape index (κ2) is 14.9. The second-order valence-electron chi connectivity index (χ2n) is 9.79. The minimum Gasteiger partial charge on any atom is -0.465 e. The summed E-state index contributed by atoms with van der Waals surface area (Å²) in [5.41, 5.74) is -1.37. The van der Waals surface area contributed by atoms with E-state index >= 15 is 0 Å². The van der Waals surface area contributed by atoms with Crippen molar-refractivity contribution in [3.63, 3.8) is 0 Å². The first-order valence-corrected chi connectivity index (χ1v) is 11.5. The third-order valence-electron chi connectivity index (χ3n) is 4.89. The lowest BCUT2D eigenvalue weighted by molar-refractivity contribution is -0.171. The van der Waals surface area contributed by atoms with Gasteiger partial charge in [0.1, 0.15) is 0 Å². The molecular formula is C24H46O4. The van der Waals surface area contributed by atoms with E-state index in [0.29, 0.717) is 13.2 Å². The van der Waals surface area contributed by atoms with Crippen molar-refractivity contribution in [2.24, 2.45) is 10.8 Å². The molecule has 0 aliphatic carbocycles. The molecule has 0 spiro atoms. The highest BCUT2D eigenvalue weighted by Gasteiger charge is 2.39. The van der Waals surface area contributed by atoms with Crippen molar-refractivity contribution in [2.75, 3.05) is 13.2 Å². The number of carbonyl (C=O) groups is 2. The van der Waals surface area contributed by atoms with Gasteiger partial charge in [-0.25, -0.2) is 0 Å². The fourth-order valence-corrected chi connectivity index (χ4v) is 2.83. The van der Waals surface area contributed by atoms with Crippen LogP contribution in [0.4, 0.5) is 0 Å². The summed E-state index contributed by atoms with van der Waals surface area (Å²) in [4.78, 5) is 24.4. The zero-order valence-electron chi connectivity index (χ0n) is 19.5. The van der Waals surface area contributed by atoms with Crippen LogP contribution in [0.1, 0.15) is 119 Å². The predicted octanol–water partition coefficient (Wildman–Crippen LogP) is 6.85. The molecule has 0 aromatic rings. The van der Waals surface area contributed by atoms with Crippen molar-refractivity contribution in [1.29, 1.82) is 0 Å². The third kappa shape index (κ3) is 14.0.